The van der Waals surface area contributed by atoms with Gasteiger partial charge in [0, 0.05) is 12.0 Å². The average Bonchev–Trinajstić information content (AvgIpc) is 2.96. The highest BCUT2D eigenvalue weighted by Crippen LogP contribution is 2.25. The van der Waals surface area contributed by atoms with Gasteiger partial charge in [-0.3, -0.25) is 0 Å². The van der Waals surface area contributed by atoms with Gasteiger partial charge < -0.3 is 10.7 Å². The Hall–Kier alpha value is -1.79. The molecular weight excluding hydrogens is 234 g/mol. The molecule has 3 N–H and O–H groups in total. The molecule has 0 aliphatic rings. The molecule has 2 heterocycles. The SMILES string of the molecule is NCCc1nnc(-c2ccc3nc[nH]c3c2)s1. The topological polar surface area (TPSA) is 80.5 Å². The van der Waals surface area contributed by atoms with Crippen LogP contribution in [0.25, 0.3) is 21.6 Å². The Morgan fingerprint density at radius 2 is 2.24 bits per heavy atom. The van der Waals surface area contributed by atoms with Crippen LogP contribution in [0.4, 0.5) is 0 Å². The van der Waals surface area contributed by atoms with Crippen molar-refractivity contribution in [3.05, 3.63) is 29.5 Å². The molecule has 0 radical (unpaired) electrons. The first-order valence-corrected chi connectivity index (χ1v) is 6.14. The number of imidazole rings is 1. The Balaban J connectivity index is 2.00. The second-order valence-electron chi connectivity index (χ2n) is 3.67. The minimum atomic E-state index is 0.605. The number of rotatable bonds is 3. The van der Waals surface area contributed by atoms with Gasteiger partial charge in [0.2, 0.25) is 0 Å². The van der Waals surface area contributed by atoms with Crippen LogP contribution in [0.3, 0.4) is 0 Å². The number of H-pyrrole nitrogens is 1. The van der Waals surface area contributed by atoms with Gasteiger partial charge >= 0.3 is 0 Å². The highest BCUT2D eigenvalue weighted by atomic mass is 32.1. The number of nitrogens with one attached hydrogen (secondary N) is 1. The summed E-state index contributed by atoms with van der Waals surface area (Å²) in [6.45, 7) is 0.605. The van der Waals surface area contributed by atoms with Crippen LogP contribution in [0, 0.1) is 0 Å². The van der Waals surface area contributed by atoms with E-state index in [0.29, 0.717) is 6.54 Å². The molecule has 86 valence electrons. The molecule has 0 spiro atoms. The normalized spacial score (nSPS) is 11.1. The summed E-state index contributed by atoms with van der Waals surface area (Å²) in [7, 11) is 0. The Morgan fingerprint density at radius 3 is 3.12 bits per heavy atom. The maximum Gasteiger partial charge on any atom is 0.147 e. The van der Waals surface area contributed by atoms with Crippen molar-refractivity contribution in [3.63, 3.8) is 0 Å². The predicted octanol–water partition coefficient (Wildman–Crippen LogP) is 1.58. The molecule has 3 rings (SSSR count). The van der Waals surface area contributed by atoms with Crippen LogP contribution < -0.4 is 5.73 Å². The highest BCUT2D eigenvalue weighted by Gasteiger charge is 2.07. The molecule has 0 saturated carbocycles. The molecular formula is C11H11N5S. The van der Waals surface area contributed by atoms with E-state index < -0.39 is 0 Å². The first-order chi connectivity index (χ1) is 8.36. The summed E-state index contributed by atoms with van der Waals surface area (Å²) in [5.41, 5.74) is 8.52. The van der Waals surface area contributed by atoms with Gasteiger partial charge in [-0.1, -0.05) is 11.3 Å². The summed E-state index contributed by atoms with van der Waals surface area (Å²) in [6.07, 6.45) is 2.47. The van der Waals surface area contributed by atoms with Crippen LogP contribution in [-0.4, -0.2) is 26.7 Å². The summed E-state index contributed by atoms with van der Waals surface area (Å²) in [5.74, 6) is 0. The maximum atomic E-state index is 5.49. The van der Waals surface area contributed by atoms with Crippen molar-refractivity contribution in [2.24, 2.45) is 5.73 Å². The molecule has 0 saturated heterocycles. The minimum Gasteiger partial charge on any atom is -0.345 e. The van der Waals surface area contributed by atoms with Crippen molar-refractivity contribution in [2.45, 2.75) is 6.42 Å². The Kier molecular flexibility index (Phi) is 2.58. The Labute approximate surface area is 102 Å². The standard InChI is InChI=1S/C11H11N5S/c12-4-3-10-15-16-11(17-10)7-1-2-8-9(5-7)14-6-13-8/h1-2,5-6H,3-4,12H2,(H,13,14). The molecule has 0 unspecified atom stereocenters. The second kappa shape index (κ2) is 4.23. The van der Waals surface area contributed by atoms with Crippen molar-refractivity contribution in [1.29, 1.82) is 0 Å². The minimum absolute atomic E-state index is 0.605. The van der Waals surface area contributed by atoms with Gasteiger partial charge in [-0.15, -0.1) is 10.2 Å². The van der Waals surface area contributed by atoms with E-state index in [0.717, 1.165) is 33.0 Å². The lowest BCUT2D eigenvalue weighted by atomic mass is 10.2. The molecule has 2 aromatic heterocycles. The van der Waals surface area contributed by atoms with E-state index in [4.69, 9.17) is 5.73 Å². The maximum absolute atomic E-state index is 5.49. The number of hydrogen-bond acceptors (Lipinski definition) is 5. The fraction of sp³-hybridized carbons (Fsp3) is 0.182. The quantitative estimate of drug-likeness (QED) is 0.734. The van der Waals surface area contributed by atoms with Gasteiger partial charge in [-0.05, 0) is 24.7 Å². The average molecular weight is 245 g/mol. The lowest BCUT2D eigenvalue weighted by Crippen LogP contribution is -2.01. The summed E-state index contributed by atoms with van der Waals surface area (Å²) >= 11 is 1.59. The molecule has 0 aliphatic carbocycles. The van der Waals surface area contributed by atoms with Crippen LogP contribution in [0.5, 0.6) is 0 Å². The number of fused-ring (bicyclic) bond motifs is 1. The second-order valence-corrected chi connectivity index (χ2v) is 4.74. The molecule has 17 heavy (non-hydrogen) atoms. The highest BCUT2D eigenvalue weighted by molar-refractivity contribution is 7.14. The fourth-order valence-electron chi connectivity index (χ4n) is 1.66. The Morgan fingerprint density at radius 1 is 1.29 bits per heavy atom. The van der Waals surface area contributed by atoms with Crippen LogP contribution in [-0.2, 0) is 6.42 Å². The lowest BCUT2D eigenvalue weighted by Gasteiger charge is -1.94. The van der Waals surface area contributed by atoms with E-state index in [1.165, 1.54) is 0 Å². The van der Waals surface area contributed by atoms with Crippen molar-refractivity contribution >= 4 is 22.4 Å². The summed E-state index contributed by atoms with van der Waals surface area (Å²) in [6, 6.07) is 6.02. The summed E-state index contributed by atoms with van der Waals surface area (Å²) in [4.78, 5) is 7.27. The molecule has 3 aromatic rings. The lowest BCUT2D eigenvalue weighted by molar-refractivity contribution is 0.913. The molecule has 0 bridgehead atoms. The van der Waals surface area contributed by atoms with Gasteiger partial charge in [0.1, 0.15) is 10.0 Å². The molecule has 6 heteroatoms. The summed E-state index contributed by atoms with van der Waals surface area (Å²) < 4.78 is 0. The van der Waals surface area contributed by atoms with Crippen molar-refractivity contribution in [2.75, 3.05) is 6.54 Å². The first-order valence-electron chi connectivity index (χ1n) is 5.33. The monoisotopic (exact) mass is 245 g/mol. The number of aromatic amines is 1. The van der Waals surface area contributed by atoms with Gasteiger partial charge in [-0.25, -0.2) is 4.98 Å². The van der Waals surface area contributed by atoms with Crippen LogP contribution in [0.15, 0.2) is 24.5 Å². The number of hydrogen-bond donors (Lipinski definition) is 2. The zero-order valence-corrected chi connectivity index (χ0v) is 9.87. The van der Waals surface area contributed by atoms with E-state index in [2.05, 4.69) is 20.2 Å². The van der Waals surface area contributed by atoms with Crippen LogP contribution >= 0.6 is 11.3 Å². The zero-order chi connectivity index (χ0) is 11.7. The van der Waals surface area contributed by atoms with E-state index in [1.807, 2.05) is 18.2 Å². The van der Waals surface area contributed by atoms with E-state index in [9.17, 15) is 0 Å². The molecule has 0 amide bonds. The van der Waals surface area contributed by atoms with E-state index in [-0.39, 0.29) is 0 Å². The van der Waals surface area contributed by atoms with Crippen molar-refractivity contribution < 1.29 is 0 Å². The largest absolute Gasteiger partial charge is 0.345 e. The molecule has 5 nitrogen and oxygen atoms in total. The number of nitrogens with two attached hydrogens (primary N) is 1. The number of benzene rings is 1. The smallest absolute Gasteiger partial charge is 0.147 e. The van der Waals surface area contributed by atoms with E-state index >= 15 is 0 Å². The molecule has 1 aromatic carbocycles. The van der Waals surface area contributed by atoms with Crippen LogP contribution in [0.1, 0.15) is 5.01 Å². The van der Waals surface area contributed by atoms with Gasteiger partial charge in [-0.2, -0.15) is 0 Å². The fourth-order valence-corrected chi connectivity index (χ4v) is 2.51. The third-order valence-corrected chi connectivity index (χ3v) is 3.52. The van der Waals surface area contributed by atoms with E-state index in [1.54, 1.807) is 17.7 Å². The molecule has 0 aliphatic heterocycles. The number of aromatic nitrogens is 4. The Bertz CT molecular complexity index is 642. The number of nitrogens with zero attached hydrogens (tertiary/aromatic N) is 3. The van der Waals surface area contributed by atoms with Gasteiger partial charge in [0.15, 0.2) is 0 Å². The zero-order valence-electron chi connectivity index (χ0n) is 9.05. The summed E-state index contributed by atoms with van der Waals surface area (Å²) in [5, 5.41) is 10.2. The van der Waals surface area contributed by atoms with Crippen LogP contribution in [0.2, 0.25) is 0 Å². The van der Waals surface area contributed by atoms with Crippen molar-refractivity contribution in [1.82, 2.24) is 20.2 Å². The molecule has 0 fully saturated rings. The third kappa shape index (κ3) is 1.92. The van der Waals surface area contributed by atoms with Gasteiger partial charge in [0.05, 0.1) is 17.4 Å². The predicted molar refractivity (Wildman–Crippen MR) is 67.8 cm³/mol. The molecule has 0 atom stereocenters. The van der Waals surface area contributed by atoms with Crippen molar-refractivity contribution in [3.8, 4) is 10.6 Å². The first kappa shape index (κ1) is 10.4. The third-order valence-electron chi connectivity index (χ3n) is 2.49. The van der Waals surface area contributed by atoms with Gasteiger partial charge in [0.25, 0.3) is 0 Å².